The number of aryl methyl sites for hydroxylation is 1. The predicted molar refractivity (Wildman–Crippen MR) is 49.0 cm³/mol. The number of aliphatic hydroxyl groups is 1. The molecule has 2 heterocycles. The summed E-state index contributed by atoms with van der Waals surface area (Å²) in [5.41, 5.74) is 0.483. The third-order valence-corrected chi connectivity index (χ3v) is 1.63. The number of hydrogen-bond donors (Lipinski definition) is 1. The van der Waals surface area contributed by atoms with Crippen LogP contribution in [-0.4, -0.2) is 30.1 Å². The molecule has 2 aromatic rings. The molecule has 0 saturated heterocycles. The molecule has 0 aliphatic rings. The SMILES string of the molecule is Cn1cnc(Oc2ccc(CO)nn2)n1. The van der Waals surface area contributed by atoms with Gasteiger partial charge < -0.3 is 9.84 Å². The average molecular weight is 207 g/mol. The Morgan fingerprint density at radius 3 is 2.80 bits per heavy atom. The van der Waals surface area contributed by atoms with E-state index in [1.54, 1.807) is 19.2 Å². The zero-order chi connectivity index (χ0) is 10.7. The molecule has 7 nitrogen and oxygen atoms in total. The Morgan fingerprint density at radius 1 is 1.40 bits per heavy atom. The lowest BCUT2D eigenvalue weighted by atomic mass is 10.4. The molecule has 0 radical (unpaired) electrons. The maximum Gasteiger partial charge on any atom is 0.342 e. The largest absolute Gasteiger partial charge is 0.402 e. The Kier molecular flexibility index (Phi) is 2.55. The fourth-order valence-electron chi connectivity index (χ4n) is 0.946. The van der Waals surface area contributed by atoms with Gasteiger partial charge in [-0.05, 0) is 6.07 Å². The normalized spacial score (nSPS) is 10.3. The number of rotatable bonds is 3. The highest BCUT2D eigenvalue weighted by Gasteiger charge is 2.03. The zero-order valence-corrected chi connectivity index (χ0v) is 8.03. The summed E-state index contributed by atoms with van der Waals surface area (Å²) in [6, 6.07) is 3.42. The molecule has 78 valence electrons. The molecule has 7 heteroatoms. The Labute approximate surface area is 85.4 Å². The van der Waals surface area contributed by atoms with Crippen LogP contribution in [0.3, 0.4) is 0 Å². The molecule has 2 rings (SSSR count). The highest BCUT2D eigenvalue weighted by molar-refractivity contribution is 5.14. The van der Waals surface area contributed by atoms with Gasteiger partial charge in [0.25, 0.3) is 0 Å². The van der Waals surface area contributed by atoms with Gasteiger partial charge in [-0.1, -0.05) is 0 Å². The third-order valence-electron chi connectivity index (χ3n) is 1.63. The molecule has 0 amide bonds. The van der Waals surface area contributed by atoms with Crippen molar-refractivity contribution < 1.29 is 9.84 Å². The van der Waals surface area contributed by atoms with Crippen molar-refractivity contribution in [1.82, 2.24) is 25.0 Å². The Balaban J connectivity index is 2.11. The summed E-state index contributed by atoms with van der Waals surface area (Å²) in [5, 5.41) is 20.1. The smallest absolute Gasteiger partial charge is 0.342 e. The average Bonchev–Trinajstić information content (AvgIpc) is 2.65. The Hall–Kier alpha value is -2.02. The van der Waals surface area contributed by atoms with Crippen molar-refractivity contribution in [3.8, 4) is 11.9 Å². The van der Waals surface area contributed by atoms with Crippen LogP contribution in [-0.2, 0) is 13.7 Å². The van der Waals surface area contributed by atoms with Crippen molar-refractivity contribution in [2.45, 2.75) is 6.61 Å². The summed E-state index contributed by atoms with van der Waals surface area (Å²) in [5.74, 6) is 0.290. The van der Waals surface area contributed by atoms with E-state index in [0.29, 0.717) is 11.6 Å². The molecule has 0 fully saturated rings. The number of hydrogen-bond acceptors (Lipinski definition) is 6. The van der Waals surface area contributed by atoms with E-state index in [1.165, 1.54) is 11.0 Å². The van der Waals surface area contributed by atoms with E-state index in [-0.39, 0.29) is 12.6 Å². The number of aliphatic hydroxyl groups excluding tert-OH is 1. The summed E-state index contributed by atoms with van der Waals surface area (Å²) < 4.78 is 6.72. The van der Waals surface area contributed by atoms with Crippen LogP contribution in [0.1, 0.15) is 5.69 Å². The molecular formula is C8H9N5O2. The molecule has 1 N–H and O–H groups in total. The van der Waals surface area contributed by atoms with Crippen molar-refractivity contribution in [2.24, 2.45) is 7.05 Å². The predicted octanol–water partition coefficient (Wildman–Crippen LogP) is -0.110. The van der Waals surface area contributed by atoms with Gasteiger partial charge in [0.15, 0.2) is 0 Å². The summed E-state index contributed by atoms with van der Waals surface area (Å²) in [6.07, 6.45) is 1.52. The monoisotopic (exact) mass is 207 g/mol. The lowest BCUT2D eigenvalue weighted by molar-refractivity contribution is 0.274. The summed E-state index contributed by atoms with van der Waals surface area (Å²) in [6.45, 7) is -0.144. The fraction of sp³-hybridized carbons (Fsp3) is 0.250. The second-order valence-corrected chi connectivity index (χ2v) is 2.82. The van der Waals surface area contributed by atoms with E-state index in [0.717, 1.165) is 0 Å². The van der Waals surface area contributed by atoms with Crippen LogP contribution in [0.2, 0.25) is 0 Å². The molecule has 0 bridgehead atoms. The van der Waals surface area contributed by atoms with E-state index >= 15 is 0 Å². The topological polar surface area (TPSA) is 86.0 Å². The standard InChI is InChI=1S/C8H9N5O2/c1-13-5-9-8(12-13)15-7-3-2-6(4-14)10-11-7/h2-3,5,14H,4H2,1H3. The lowest BCUT2D eigenvalue weighted by Crippen LogP contribution is -1.96. The van der Waals surface area contributed by atoms with Crippen molar-refractivity contribution in [3.63, 3.8) is 0 Å². The van der Waals surface area contributed by atoms with E-state index in [1.807, 2.05) is 0 Å². The molecule has 2 aromatic heterocycles. The Bertz CT molecular complexity index is 439. The first-order valence-corrected chi connectivity index (χ1v) is 4.25. The zero-order valence-electron chi connectivity index (χ0n) is 8.03. The van der Waals surface area contributed by atoms with Crippen LogP contribution in [0.25, 0.3) is 0 Å². The third kappa shape index (κ3) is 2.26. The van der Waals surface area contributed by atoms with Crippen molar-refractivity contribution in [2.75, 3.05) is 0 Å². The number of nitrogens with zero attached hydrogens (tertiary/aromatic N) is 5. The van der Waals surface area contributed by atoms with Crippen LogP contribution in [0.5, 0.6) is 11.9 Å². The van der Waals surface area contributed by atoms with Crippen LogP contribution in [0, 0.1) is 0 Å². The van der Waals surface area contributed by atoms with Crippen LogP contribution < -0.4 is 4.74 Å². The molecule has 0 atom stereocenters. The molecule has 0 saturated carbocycles. The van der Waals surface area contributed by atoms with Gasteiger partial charge in [-0.2, -0.15) is 4.98 Å². The summed E-state index contributed by atoms with van der Waals surface area (Å²) in [4.78, 5) is 3.87. The first-order chi connectivity index (χ1) is 7.28. The lowest BCUT2D eigenvalue weighted by Gasteiger charge is -1.98. The second kappa shape index (κ2) is 4.01. The summed E-state index contributed by atoms with van der Waals surface area (Å²) >= 11 is 0. The van der Waals surface area contributed by atoms with Crippen molar-refractivity contribution in [1.29, 1.82) is 0 Å². The molecular weight excluding hydrogens is 198 g/mol. The minimum Gasteiger partial charge on any atom is -0.402 e. The first kappa shape index (κ1) is 9.53. The van der Waals surface area contributed by atoms with Crippen LogP contribution in [0.15, 0.2) is 18.5 Å². The first-order valence-electron chi connectivity index (χ1n) is 4.25. The van der Waals surface area contributed by atoms with E-state index in [2.05, 4.69) is 20.3 Å². The maximum atomic E-state index is 8.75. The highest BCUT2D eigenvalue weighted by Crippen LogP contribution is 2.12. The van der Waals surface area contributed by atoms with Crippen LogP contribution >= 0.6 is 0 Å². The van der Waals surface area contributed by atoms with Crippen molar-refractivity contribution >= 4 is 0 Å². The van der Waals surface area contributed by atoms with Gasteiger partial charge >= 0.3 is 6.01 Å². The Morgan fingerprint density at radius 2 is 2.27 bits per heavy atom. The highest BCUT2D eigenvalue weighted by atomic mass is 16.5. The maximum absolute atomic E-state index is 8.75. The van der Waals surface area contributed by atoms with Gasteiger partial charge in [-0.3, -0.25) is 4.68 Å². The van der Waals surface area contributed by atoms with E-state index in [9.17, 15) is 0 Å². The minimum absolute atomic E-state index is 0.144. The van der Waals surface area contributed by atoms with Crippen molar-refractivity contribution in [3.05, 3.63) is 24.2 Å². The minimum atomic E-state index is -0.144. The molecule has 0 aromatic carbocycles. The molecule has 0 aliphatic heterocycles. The second-order valence-electron chi connectivity index (χ2n) is 2.82. The van der Waals surface area contributed by atoms with E-state index in [4.69, 9.17) is 9.84 Å². The van der Waals surface area contributed by atoms with Crippen LogP contribution in [0.4, 0.5) is 0 Å². The van der Waals surface area contributed by atoms with Gasteiger partial charge in [-0.15, -0.1) is 15.3 Å². The summed E-state index contributed by atoms with van der Waals surface area (Å²) in [7, 11) is 1.74. The van der Waals surface area contributed by atoms with Gasteiger partial charge in [-0.25, -0.2) is 0 Å². The number of aromatic nitrogens is 5. The van der Waals surface area contributed by atoms with E-state index < -0.39 is 0 Å². The van der Waals surface area contributed by atoms with Gasteiger partial charge in [0, 0.05) is 13.1 Å². The molecule has 0 spiro atoms. The molecule has 0 aliphatic carbocycles. The molecule has 0 unspecified atom stereocenters. The quantitative estimate of drug-likeness (QED) is 0.755. The fourth-order valence-corrected chi connectivity index (χ4v) is 0.946. The number of ether oxygens (including phenoxy) is 1. The molecule has 15 heavy (non-hydrogen) atoms. The van der Waals surface area contributed by atoms with Gasteiger partial charge in [0.2, 0.25) is 5.88 Å². The van der Waals surface area contributed by atoms with Gasteiger partial charge in [0.05, 0.1) is 12.3 Å². The van der Waals surface area contributed by atoms with Gasteiger partial charge in [0.1, 0.15) is 6.33 Å².